The highest BCUT2D eigenvalue weighted by molar-refractivity contribution is 6.78. The van der Waals surface area contributed by atoms with E-state index in [0.29, 0.717) is 44.8 Å². The third-order valence-electron chi connectivity index (χ3n) is 8.80. The Morgan fingerprint density at radius 2 is 1.44 bits per heavy atom. The fraction of sp³-hybridized carbons (Fsp3) is 0.412. The number of imide groups is 1. The number of anilines is 1. The molecule has 2 aliphatic heterocycles. The first kappa shape index (κ1) is 29.1. The van der Waals surface area contributed by atoms with Gasteiger partial charge >= 0.3 is 0 Å². The van der Waals surface area contributed by atoms with Crippen LogP contribution in [0.4, 0.5) is 5.69 Å². The predicted molar refractivity (Wildman–Crippen MR) is 166 cm³/mol. The van der Waals surface area contributed by atoms with Crippen LogP contribution < -0.4 is 14.1 Å². The van der Waals surface area contributed by atoms with Crippen LogP contribution in [-0.2, 0) is 16.9 Å². The average Bonchev–Trinajstić information content (AvgIpc) is 3.17. The summed E-state index contributed by atoms with van der Waals surface area (Å²) < 4.78 is 19.1. The van der Waals surface area contributed by atoms with Gasteiger partial charge in [-0.05, 0) is 66.4 Å². The molecule has 0 N–H and O–H groups in total. The Bertz CT molecular complexity index is 1490. The van der Waals surface area contributed by atoms with E-state index in [-0.39, 0.29) is 18.4 Å². The van der Waals surface area contributed by atoms with Crippen LogP contribution in [0.25, 0.3) is 11.1 Å². The van der Waals surface area contributed by atoms with Gasteiger partial charge in [-0.25, -0.2) is 4.90 Å². The van der Waals surface area contributed by atoms with Crippen molar-refractivity contribution in [2.24, 2.45) is 0 Å². The van der Waals surface area contributed by atoms with E-state index in [4.69, 9.17) is 13.9 Å². The summed E-state index contributed by atoms with van der Waals surface area (Å²) in [7, 11) is -0.603. The molecule has 0 fully saturated rings. The summed E-state index contributed by atoms with van der Waals surface area (Å²) in [6.07, 6.45) is 0. The summed E-state index contributed by atoms with van der Waals surface area (Å²) in [5, 5.41) is 0. The smallest absolute Gasteiger partial charge is 0.266 e. The average molecular weight is 572 g/mol. The van der Waals surface area contributed by atoms with Gasteiger partial charge in [0, 0.05) is 29.9 Å². The maximum Gasteiger partial charge on any atom is 0.266 e. The van der Waals surface area contributed by atoms with Crippen LogP contribution in [0.5, 0.6) is 11.5 Å². The van der Waals surface area contributed by atoms with Crippen molar-refractivity contribution in [1.82, 2.24) is 0 Å². The largest absolute Gasteiger partial charge is 0.543 e. The van der Waals surface area contributed by atoms with Crippen LogP contribution in [0.2, 0.25) is 16.6 Å². The van der Waals surface area contributed by atoms with E-state index in [2.05, 4.69) is 41.5 Å². The normalized spacial score (nSPS) is 15.8. The van der Waals surface area contributed by atoms with E-state index in [1.54, 1.807) is 19.2 Å². The molecular weight excluding hydrogens is 530 g/mol. The van der Waals surface area contributed by atoms with Crippen LogP contribution in [0.15, 0.2) is 54.6 Å². The molecule has 0 saturated heterocycles. The molecule has 2 aliphatic rings. The molecule has 0 aliphatic carbocycles. The number of para-hydroxylation sites is 1. The maximum atomic E-state index is 14.1. The van der Waals surface area contributed by atoms with Gasteiger partial charge in [-0.2, -0.15) is 0 Å². The van der Waals surface area contributed by atoms with Crippen molar-refractivity contribution >= 4 is 25.8 Å². The highest BCUT2D eigenvalue weighted by Gasteiger charge is 2.48. The van der Waals surface area contributed by atoms with Crippen LogP contribution in [0.1, 0.15) is 87.2 Å². The molecule has 7 heteroatoms. The highest BCUT2D eigenvalue weighted by atomic mass is 28.4. The predicted octanol–water partition coefficient (Wildman–Crippen LogP) is 8.48. The number of hydrogen-bond acceptors (Lipinski definition) is 5. The molecule has 0 aromatic heterocycles. The zero-order valence-corrected chi connectivity index (χ0v) is 26.6. The zero-order chi connectivity index (χ0) is 29.9. The molecule has 0 saturated carbocycles. The second-order valence-electron chi connectivity index (χ2n) is 12.6. The van der Waals surface area contributed by atoms with Gasteiger partial charge in [-0.15, -0.1) is 0 Å². The first-order chi connectivity index (χ1) is 19.3. The van der Waals surface area contributed by atoms with Gasteiger partial charge in [0.15, 0.2) is 0 Å². The Hall–Kier alpha value is -3.42. The first-order valence-corrected chi connectivity index (χ1v) is 16.6. The Kier molecular flexibility index (Phi) is 7.41. The standard InChI is InChI=1S/C34H41NO5Si/c1-20(2)41(21(3)4,22(5)6)40-25-15-16-26-28(18-25)39-34(7,8)27-17-23(19-38-9)29-31(30(26)27)33(37)35(32(29)36)24-13-11-10-12-14-24/h10-18,20-22H,19H2,1-9H3. The molecule has 216 valence electrons. The summed E-state index contributed by atoms with van der Waals surface area (Å²) in [6, 6.07) is 17.0. The fourth-order valence-corrected chi connectivity index (χ4v) is 12.3. The van der Waals surface area contributed by atoms with Crippen molar-refractivity contribution < 1.29 is 23.5 Å². The number of fused-ring (bicyclic) bond motifs is 5. The van der Waals surface area contributed by atoms with E-state index in [0.717, 1.165) is 22.4 Å². The van der Waals surface area contributed by atoms with Gasteiger partial charge in [0.25, 0.3) is 20.1 Å². The monoisotopic (exact) mass is 571 g/mol. The van der Waals surface area contributed by atoms with Gasteiger partial charge in [0.1, 0.15) is 17.1 Å². The number of ether oxygens (including phenoxy) is 2. The fourth-order valence-electron chi connectivity index (χ4n) is 7.09. The number of nitrogens with zero attached hydrogens (tertiary/aromatic N) is 1. The van der Waals surface area contributed by atoms with Gasteiger partial charge in [0.05, 0.1) is 23.4 Å². The third-order valence-corrected chi connectivity index (χ3v) is 14.8. The van der Waals surface area contributed by atoms with Crippen molar-refractivity contribution in [3.05, 3.63) is 76.9 Å². The topological polar surface area (TPSA) is 65.1 Å². The van der Waals surface area contributed by atoms with Gasteiger partial charge < -0.3 is 13.9 Å². The third kappa shape index (κ3) is 4.50. The van der Waals surface area contributed by atoms with Gasteiger partial charge in [-0.3, -0.25) is 9.59 Å². The molecular formula is C34H41NO5Si. The number of hydrogen-bond donors (Lipinski definition) is 0. The van der Waals surface area contributed by atoms with Crippen LogP contribution in [-0.4, -0.2) is 27.2 Å². The zero-order valence-electron chi connectivity index (χ0n) is 25.6. The Morgan fingerprint density at radius 3 is 2.02 bits per heavy atom. The van der Waals surface area contributed by atoms with Crippen molar-refractivity contribution in [3.63, 3.8) is 0 Å². The molecule has 0 unspecified atom stereocenters. The summed E-state index contributed by atoms with van der Waals surface area (Å²) in [5.41, 5.74) is 4.93. The van der Waals surface area contributed by atoms with Crippen molar-refractivity contribution in [1.29, 1.82) is 0 Å². The minimum absolute atomic E-state index is 0.208. The SMILES string of the molecule is COCc1cc2c(c3c1C(=O)N(c1ccccc1)C3=O)-c1ccc(O[Si](C(C)C)(C(C)C)C(C)C)cc1OC2(C)C. The lowest BCUT2D eigenvalue weighted by atomic mass is 9.80. The lowest BCUT2D eigenvalue weighted by Gasteiger charge is -2.42. The van der Waals surface area contributed by atoms with Gasteiger partial charge in [-0.1, -0.05) is 59.7 Å². The molecule has 0 bridgehead atoms. The lowest BCUT2D eigenvalue weighted by molar-refractivity contribution is 0.0925. The minimum atomic E-state index is -2.20. The molecule has 6 nitrogen and oxygen atoms in total. The summed E-state index contributed by atoms with van der Waals surface area (Å²) in [6.45, 7) is 17.8. The van der Waals surface area contributed by atoms with E-state index < -0.39 is 13.9 Å². The summed E-state index contributed by atoms with van der Waals surface area (Å²) in [4.78, 5) is 29.3. The van der Waals surface area contributed by atoms with Gasteiger partial charge in [0.2, 0.25) is 0 Å². The number of amides is 2. The summed E-state index contributed by atoms with van der Waals surface area (Å²) >= 11 is 0. The van der Waals surface area contributed by atoms with Crippen molar-refractivity contribution in [2.75, 3.05) is 12.0 Å². The van der Waals surface area contributed by atoms with Crippen LogP contribution in [0.3, 0.4) is 0 Å². The molecule has 0 spiro atoms. The molecule has 5 rings (SSSR count). The molecule has 3 aromatic rings. The number of methoxy groups -OCH3 is 1. The number of carbonyl (C=O) groups excluding carboxylic acids is 2. The molecule has 0 atom stereocenters. The Labute approximate surface area is 244 Å². The van der Waals surface area contributed by atoms with Crippen LogP contribution in [0, 0.1) is 0 Å². The second kappa shape index (κ2) is 10.4. The Balaban J connectivity index is 1.71. The summed E-state index contributed by atoms with van der Waals surface area (Å²) in [5.74, 6) is 0.768. The van der Waals surface area contributed by atoms with Crippen molar-refractivity contribution in [3.8, 4) is 22.6 Å². The quantitative estimate of drug-likeness (QED) is 0.200. The minimum Gasteiger partial charge on any atom is -0.543 e. The molecule has 41 heavy (non-hydrogen) atoms. The molecule has 0 radical (unpaired) electrons. The molecule has 2 amide bonds. The van der Waals surface area contributed by atoms with E-state index >= 15 is 0 Å². The highest BCUT2D eigenvalue weighted by Crippen LogP contribution is 2.52. The van der Waals surface area contributed by atoms with E-state index in [1.165, 1.54) is 4.90 Å². The maximum absolute atomic E-state index is 14.1. The number of rotatable bonds is 8. The van der Waals surface area contributed by atoms with Crippen LogP contribution >= 0.6 is 0 Å². The number of carbonyl (C=O) groups is 2. The van der Waals surface area contributed by atoms with Crippen molar-refractivity contribution in [2.45, 2.75) is 84.2 Å². The number of benzene rings is 3. The Morgan fingerprint density at radius 1 is 0.829 bits per heavy atom. The molecule has 2 heterocycles. The lowest BCUT2D eigenvalue weighted by Crippen LogP contribution is -2.50. The second-order valence-corrected chi connectivity index (χ2v) is 18.0. The first-order valence-electron chi connectivity index (χ1n) is 14.5. The van der Waals surface area contributed by atoms with E-state index in [9.17, 15) is 9.59 Å². The van der Waals surface area contributed by atoms with E-state index in [1.807, 2.05) is 56.3 Å². The molecule has 3 aromatic carbocycles.